The van der Waals surface area contributed by atoms with Crippen molar-refractivity contribution in [3.8, 4) is 17.2 Å². The van der Waals surface area contributed by atoms with E-state index in [9.17, 15) is 4.79 Å². The summed E-state index contributed by atoms with van der Waals surface area (Å²) in [5.74, 6) is 1.59. The Morgan fingerprint density at radius 1 is 1.14 bits per heavy atom. The molecule has 0 aliphatic rings. The fraction of sp³-hybridized carbons (Fsp3) is 0.190. The minimum atomic E-state index is -0.127. The quantitative estimate of drug-likeness (QED) is 0.549. The van der Waals surface area contributed by atoms with Gasteiger partial charge in [-0.25, -0.2) is 0 Å². The van der Waals surface area contributed by atoms with E-state index >= 15 is 0 Å². The summed E-state index contributed by atoms with van der Waals surface area (Å²) in [6.07, 6.45) is 1.87. The molecule has 0 fully saturated rings. The first-order valence-corrected chi connectivity index (χ1v) is 9.05. The van der Waals surface area contributed by atoms with E-state index in [1.54, 1.807) is 6.92 Å². The summed E-state index contributed by atoms with van der Waals surface area (Å²) < 4.78 is 12.9. The van der Waals surface area contributed by atoms with Gasteiger partial charge < -0.3 is 19.0 Å². The number of anilines is 1. The second-order valence-electron chi connectivity index (χ2n) is 6.32. The number of aryl methyl sites for hydroxylation is 1. The number of nitrogens with one attached hydrogen (secondary N) is 1. The second-order valence-corrected chi connectivity index (χ2v) is 6.32. The lowest BCUT2D eigenvalue weighted by Gasteiger charge is -2.08. The van der Waals surface area contributed by atoms with Crippen LogP contribution in [0, 0.1) is 6.92 Å². The van der Waals surface area contributed by atoms with Crippen LogP contribution in [0.1, 0.15) is 12.8 Å². The Hall–Kier alpha value is -3.61. The van der Waals surface area contributed by atoms with Crippen LogP contribution in [-0.4, -0.2) is 27.3 Å². The first-order chi connectivity index (χ1) is 13.6. The molecule has 2 aromatic carbocycles. The van der Waals surface area contributed by atoms with E-state index in [-0.39, 0.29) is 12.5 Å². The van der Waals surface area contributed by atoms with Crippen LogP contribution in [0.3, 0.4) is 0 Å². The number of carbonyl (C=O) groups excluding carboxylic acids is 1. The molecule has 7 nitrogen and oxygen atoms in total. The number of benzene rings is 2. The van der Waals surface area contributed by atoms with Crippen LogP contribution in [0.25, 0.3) is 22.4 Å². The van der Waals surface area contributed by atoms with Gasteiger partial charge in [-0.3, -0.25) is 4.79 Å². The smallest absolute Gasteiger partial charge is 0.249 e. The highest BCUT2D eigenvalue weighted by molar-refractivity contribution is 5.96. The van der Waals surface area contributed by atoms with Crippen LogP contribution in [0.2, 0.25) is 0 Å². The van der Waals surface area contributed by atoms with Gasteiger partial charge in [0.25, 0.3) is 0 Å². The fourth-order valence-corrected chi connectivity index (χ4v) is 3.11. The average molecular weight is 376 g/mol. The summed E-state index contributed by atoms with van der Waals surface area (Å²) >= 11 is 0. The number of carbonyl (C=O) groups is 1. The average Bonchev–Trinajstić information content (AvgIpc) is 3.28. The molecule has 0 radical (unpaired) electrons. The standard InChI is InChI=1S/C21H20N4O3/c1-3-27-16-10-8-15(9-11-16)22-20(26)13-25-12-18(21-24-23-14(2)28-21)17-6-4-5-7-19(17)25/h4-12H,3,13H2,1-2H3,(H,22,26). The number of para-hydroxylation sites is 1. The van der Waals surface area contributed by atoms with Gasteiger partial charge >= 0.3 is 0 Å². The minimum absolute atomic E-state index is 0.127. The highest BCUT2D eigenvalue weighted by Gasteiger charge is 2.16. The summed E-state index contributed by atoms with van der Waals surface area (Å²) in [5.41, 5.74) is 2.46. The SMILES string of the molecule is CCOc1ccc(NC(=O)Cn2cc(-c3nnc(C)o3)c3ccccc32)cc1. The molecule has 0 unspecified atom stereocenters. The Morgan fingerprint density at radius 2 is 1.93 bits per heavy atom. The number of nitrogens with zero attached hydrogens (tertiary/aromatic N) is 3. The molecule has 0 atom stereocenters. The molecule has 0 saturated heterocycles. The summed E-state index contributed by atoms with van der Waals surface area (Å²) in [6.45, 7) is 4.45. The third kappa shape index (κ3) is 3.59. The van der Waals surface area contributed by atoms with Crippen LogP contribution < -0.4 is 10.1 Å². The van der Waals surface area contributed by atoms with Crippen molar-refractivity contribution in [1.82, 2.24) is 14.8 Å². The van der Waals surface area contributed by atoms with E-state index in [1.165, 1.54) is 0 Å². The molecule has 4 aromatic rings. The van der Waals surface area contributed by atoms with Crippen molar-refractivity contribution in [2.45, 2.75) is 20.4 Å². The van der Waals surface area contributed by atoms with E-state index in [2.05, 4.69) is 15.5 Å². The molecule has 0 saturated carbocycles. The van der Waals surface area contributed by atoms with E-state index < -0.39 is 0 Å². The Bertz CT molecular complexity index is 1110. The number of hydrogen-bond donors (Lipinski definition) is 1. The topological polar surface area (TPSA) is 82.2 Å². The molecule has 2 heterocycles. The van der Waals surface area contributed by atoms with E-state index in [1.807, 2.05) is 66.2 Å². The lowest BCUT2D eigenvalue weighted by atomic mass is 10.2. The number of hydrogen-bond acceptors (Lipinski definition) is 5. The van der Waals surface area contributed by atoms with Crippen molar-refractivity contribution in [2.24, 2.45) is 0 Å². The Labute approximate surface area is 161 Å². The van der Waals surface area contributed by atoms with Crippen molar-refractivity contribution < 1.29 is 13.9 Å². The summed E-state index contributed by atoms with van der Waals surface area (Å²) in [7, 11) is 0. The third-order valence-electron chi connectivity index (χ3n) is 4.31. The maximum Gasteiger partial charge on any atom is 0.249 e. The summed E-state index contributed by atoms with van der Waals surface area (Å²) in [5, 5.41) is 11.9. The van der Waals surface area contributed by atoms with E-state index in [4.69, 9.17) is 9.15 Å². The molecule has 7 heteroatoms. The van der Waals surface area contributed by atoms with Gasteiger partial charge in [0.15, 0.2) is 0 Å². The molecule has 2 aromatic heterocycles. The molecule has 0 aliphatic carbocycles. The predicted molar refractivity (Wildman–Crippen MR) is 106 cm³/mol. The zero-order valence-electron chi connectivity index (χ0n) is 15.7. The molecule has 1 N–H and O–H groups in total. The van der Waals surface area contributed by atoms with Gasteiger partial charge in [-0.05, 0) is 37.3 Å². The maximum absolute atomic E-state index is 12.6. The van der Waals surface area contributed by atoms with Crippen LogP contribution >= 0.6 is 0 Å². The van der Waals surface area contributed by atoms with Gasteiger partial charge in [-0.1, -0.05) is 18.2 Å². The molecule has 4 rings (SSSR count). The predicted octanol–water partition coefficient (Wildman–Crippen LogP) is 4.04. The molecule has 28 heavy (non-hydrogen) atoms. The molecule has 0 aliphatic heterocycles. The van der Waals surface area contributed by atoms with Crippen molar-refractivity contribution in [3.63, 3.8) is 0 Å². The van der Waals surface area contributed by atoms with Crippen molar-refractivity contribution >= 4 is 22.5 Å². The third-order valence-corrected chi connectivity index (χ3v) is 4.31. The fourth-order valence-electron chi connectivity index (χ4n) is 3.11. The number of rotatable bonds is 6. The number of fused-ring (bicyclic) bond motifs is 1. The molecular formula is C21H20N4O3. The largest absolute Gasteiger partial charge is 0.494 e. The maximum atomic E-state index is 12.6. The highest BCUT2D eigenvalue weighted by Crippen LogP contribution is 2.29. The lowest BCUT2D eigenvalue weighted by Crippen LogP contribution is -2.18. The van der Waals surface area contributed by atoms with Gasteiger partial charge in [-0.2, -0.15) is 0 Å². The van der Waals surface area contributed by atoms with Crippen molar-refractivity contribution in [2.75, 3.05) is 11.9 Å². The number of ether oxygens (including phenoxy) is 1. The van der Waals surface area contributed by atoms with Gasteiger partial charge in [0.05, 0.1) is 12.2 Å². The van der Waals surface area contributed by atoms with Crippen molar-refractivity contribution in [3.05, 3.63) is 60.6 Å². The van der Waals surface area contributed by atoms with Gasteiger partial charge in [0, 0.05) is 29.7 Å². The zero-order chi connectivity index (χ0) is 19.5. The lowest BCUT2D eigenvalue weighted by molar-refractivity contribution is -0.116. The molecule has 142 valence electrons. The highest BCUT2D eigenvalue weighted by atomic mass is 16.5. The summed E-state index contributed by atoms with van der Waals surface area (Å²) in [4.78, 5) is 12.6. The van der Waals surface area contributed by atoms with Gasteiger partial charge in [-0.15, -0.1) is 10.2 Å². The minimum Gasteiger partial charge on any atom is -0.494 e. The Kier molecular flexibility index (Phi) is 4.80. The van der Waals surface area contributed by atoms with E-state index in [0.717, 1.165) is 27.9 Å². The first kappa shape index (κ1) is 17.8. The molecule has 0 spiro atoms. The van der Waals surface area contributed by atoms with E-state index in [0.29, 0.717) is 18.4 Å². The molecule has 1 amide bonds. The van der Waals surface area contributed by atoms with Gasteiger partial charge in [0.2, 0.25) is 17.7 Å². The van der Waals surface area contributed by atoms with Crippen LogP contribution in [-0.2, 0) is 11.3 Å². The molecular weight excluding hydrogens is 356 g/mol. The van der Waals surface area contributed by atoms with Gasteiger partial charge in [0.1, 0.15) is 12.3 Å². The first-order valence-electron chi connectivity index (χ1n) is 9.05. The van der Waals surface area contributed by atoms with Crippen molar-refractivity contribution in [1.29, 1.82) is 0 Å². The van der Waals surface area contributed by atoms with Crippen LogP contribution in [0.4, 0.5) is 5.69 Å². The zero-order valence-corrected chi connectivity index (χ0v) is 15.7. The molecule has 0 bridgehead atoms. The normalized spacial score (nSPS) is 10.9. The Balaban J connectivity index is 1.56. The second kappa shape index (κ2) is 7.56. The Morgan fingerprint density at radius 3 is 2.64 bits per heavy atom. The summed E-state index contributed by atoms with van der Waals surface area (Å²) in [6, 6.07) is 15.1. The number of aromatic nitrogens is 3. The monoisotopic (exact) mass is 376 g/mol. The number of amides is 1. The van der Waals surface area contributed by atoms with Crippen LogP contribution in [0.15, 0.2) is 59.1 Å². The van der Waals surface area contributed by atoms with Crippen LogP contribution in [0.5, 0.6) is 5.75 Å².